The first-order valence-electron chi connectivity index (χ1n) is 7.00. The van der Waals surface area contributed by atoms with Crippen molar-refractivity contribution in [1.29, 1.82) is 0 Å². The lowest BCUT2D eigenvalue weighted by Crippen LogP contribution is -1.95. The van der Waals surface area contributed by atoms with Gasteiger partial charge in [-0.2, -0.15) is 0 Å². The molecule has 0 amide bonds. The summed E-state index contributed by atoms with van der Waals surface area (Å²) in [5, 5.41) is 10.4. The number of aliphatic hydroxyl groups is 1. The summed E-state index contributed by atoms with van der Waals surface area (Å²) >= 11 is 0. The van der Waals surface area contributed by atoms with E-state index in [4.69, 9.17) is 4.42 Å². The van der Waals surface area contributed by atoms with Crippen LogP contribution in [0.1, 0.15) is 24.0 Å². The van der Waals surface area contributed by atoms with Crippen LogP contribution in [0.5, 0.6) is 0 Å². The number of aliphatic hydroxyl groups excluding tert-OH is 1. The minimum atomic E-state index is -0.379. The second-order valence-corrected chi connectivity index (χ2v) is 5.32. The van der Waals surface area contributed by atoms with Crippen molar-refractivity contribution in [1.82, 2.24) is 0 Å². The predicted molar refractivity (Wildman–Crippen MR) is 82.0 cm³/mol. The van der Waals surface area contributed by atoms with Gasteiger partial charge in [0.1, 0.15) is 5.58 Å². The molecule has 0 saturated carbocycles. The Morgan fingerprint density at radius 1 is 1.19 bits per heavy atom. The number of furan rings is 1. The van der Waals surface area contributed by atoms with Crippen LogP contribution in [0.15, 0.2) is 53.1 Å². The zero-order valence-electron chi connectivity index (χ0n) is 11.8. The number of halogens is 1. The van der Waals surface area contributed by atoms with Gasteiger partial charge in [0.2, 0.25) is 0 Å². The molecule has 0 aliphatic carbocycles. The molecule has 0 aliphatic rings. The zero-order chi connectivity index (χ0) is 14.8. The second-order valence-electron chi connectivity index (χ2n) is 5.32. The van der Waals surface area contributed by atoms with Crippen molar-refractivity contribution in [3.05, 3.63) is 59.9 Å². The average Bonchev–Trinajstić information content (AvgIpc) is 3.01. The van der Waals surface area contributed by atoms with Gasteiger partial charge in [0.25, 0.3) is 0 Å². The van der Waals surface area contributed by atoms with Crippen molar-refractivity contribution in [2.45, 2.75) is 19.4 Å². The minimum absolute atomic E-state index is 0.0192. The van der Waals surface area contributed by atoms with Crippen molar-refractivity contribution < 1.29 is 13.9 Å². The van der Waals surface area contributed by atoms with Crippen LogP contribution in [0.3, 0.4) is 0 Å². The average molecular weight is 284 g/mol. The second kappa shape index (κ2) is 5.70. The molecule has 0 fully saturated rings. The Kier molecular flexibility index (Phi) is 3.76. The molecule has 3 aromatic rings. The summed E-state index contributed by atoms with van der Waals surface area (Å²) in [6.45, 7) is 1.47. The van der Waals surface area contributed by atoms with Gasteiger partial charge in [-0.05, 0) is 34.9 Å². The number of alkyl halides is 1. The summed E-state index contributed by atoms with van der Waals surface area (Å²) in [6.07, 6.45) is 1.64. The topological polar surface area (TPSA) is 33.4 Å². The molecule has 1 atom stereocenters. The van der Waals surface area contributed by atoms with Gasteiger partial charge in [-0.25, -0.2) is 0 Å². The molecule has 1 unspecified atom stereocenters. The minimum Gasteiger partial charge on any atom is -0.464 e. The maximum atomic E-state index is 12.9. The van der Waals surface area contributed by atoms with E-state index in [0.717, 1.165) is 33.2 Å². The Hall–Kier alpha value is -2.13. The van der Waals surface area contributed by atoms with Crippen LogP contribution in [0.4, 0.5) is 4.39 Å². The number of benzene rings is 2. The van der Waals surface area contributed by atoms with Crippen molar-refractivity contribution in [2.24, 2.45) is 0 Å². The molecule has 1 heterocycles. The molecule has 0 aliphatic heterocycles. The maximum absolute atomic E-state index is 12.9. The van der Waals surface area contributed by atoms with Crippen LogP contribution in [-0.4, -0.2) is 11.8 Å². The molecule has 3 rings (SSSR count). The van der Waals surface area contributed by atoms with E-state index in [1.165, 1.54) is 0 Å². The van der Waals surface area contributed by atoms with Crippen LogP contribution in [0.25, 0.3) is 22.1 Å². The quantitative estimate of drug-likeness (QED) is 0.755. The van der Waals surface area contributed by atoms with E-state index in [1.54, 1.807) is 6.26 Å². The normalized spacial score (nSPS) is 12.7. The molecular formula is C18H17FO2. The van der Waals surface area contributed by atoms with Gasteiger partial charge in [-0.3, -0.25) is 4.39 Å². The summed E-state index contributed by atoms with van der Waals surface area (Å²) in [4.78, 5) is 0. The molecule has 3 heteroatoms. The van der Waals surface area contributed by atoms with Crippen LogP contribution in [-0.2, 0) is 6.61 Å². The maximum Gasteiger partial charge on any atom is 0.141 e. The van der Waals surface area contributed by atoms with Gasteiger partial charge in [-0.1, -0.05) is 31.2 Å². The SMILES string of the molecule is CC(CF)c1cccc(-c2cc(CO)cc3ccoc23)c1. The molecule has 108 valence electrons. The monoisotopic (exact) mass is 284 g/mol. The van der Waals surface area contributed by atoms with E-state index in [-0.39, 0.29) is 19.2 Å². The van der Waals surface area contributed by atoms with E-state index in [1.807, 2.05) is 49.4 Å². The zero-order valence-corrected chi connectivity index (χ0v) is 11.8. The molecule has 2 aromatic carbocycles. The number of hydrogen-bond acceptors (Lipinski definition) is 2. The van der Waals surface area contributed by atoms with Crippen molar-refractivity contribution in [3.8, 4) is 11.1 Å². The molecule has 1 aromatic heterocycles. The van der Waals surface area contributed by atoms with E-state index in [2.05, 4.69) is 0 Å². The lowest BCUT2D eigenvalue weighted by Gasteiger charge is -2.11. The lowest BCUT2D eigenvalue weighted by molar-refractivity contribution is 0.282. The molecule has 1 N–H and O–H groups in total. The highest BCUT2D eigenvalue weighted by Gasteiger charge is 2.11. The van der Waals surface area contributed by atoms with Crippen LogP contribution in [0.2, 0.25) is 0 Å². The Morgan fingerprint density at radius 3 is 2.81 bits per heavy atom. The van der Waals surface area contributed by atoms with Gasteiger partial charge in [0.05, 0.1) is 19.5 Å². The van der Waals surface area contributed by atoms with E-state index < -0.39 is 0 Å². The Labute approximate surface area is 122 Å². The first kappa shape index (κ1) is 13.8. The standard InChI is InChI=1S/C18H17FO2/c1-12(10-19)14-3-2-4-15(9-14)17-8-13(11-20)7-16-5-6-21-18(16)17/h2-9,12,20H,10-11H2,1H3. The number of hydrogen-bond donors (Lipinski definition) is 1. The highest BCUT2D eigenvalue weighted by Crippen LogP contribution is 2.32. The molecular weight excluding hydrogens is 267 g/mol. The summed E-state index contributed by atoms with van der Waals surface area (Å²) in [6, 6.07) is 13.5. The van der Waals surface area contributed by atoms with Crippen molar-refractivity contribution >= 4 is 11.0 Å². The smallest absolute Gasteiger partial charge is 0.141 e. The Bertz CT molecular complexity index is 761. The van der Waals surface area contributed by atoms with Gasteiger partial charge in [-0.15, -0.1) is 0 Å². The van der Waals surface area contributed by atoms with Crippen LogP contribution < -0.4 is 0 Å². The number of fused-ring (bicyclic) bond motifs is 1. The molecule has 2 nitrogen and oxygen atoms in total. The fraction of sp³-hybridized carbons (Fsp3) is 0.222. The Morgan fingerprint density at radius 2 is 2.05 bits per heavy atom. The van der Waals surface area contributed by atoms with Crippen LogP contribution in [0, 0.1) is 0 Å². The fourth-order valence-electron chi connectivity index (χ4n) is 2.55. The van der Waals surface area contributed by atoms with Crippen LogP contribution >= 0.6 is 0 Å². The third-order valence-electron chi connectivity index (χ3n) is 3.79. The predicted octanol–water partition coefficient (Wildman–Crippen LogP) is 4.67. The van der Waals surface area contributed by atoms with Gasteiger partial charge >= 0.3 is 0 Å². The van der Waals surface area contributed by atoms with Gasteiger partial charge in [0, 0.05) is 16.9 Å². The highest BCUT2D eigenvalue weighted by atomic mass is 19.1. The third-order valence-corrected chi connectivity index (χ3v) is 3.79. The summed E-state index contributed by atoms with van der Waals surface area (Å²) in [7, 11) is 0. The molecule has 0 saturated heterocycles. The first-order valence-corrected chi connectivity index (χ1v) is 7.00. The lowest BCUT2D eigenvalue weighted by atomic mass is 9.95. The van der Waals surface area contributed by atoms with Crippen molar-refractivity contribution in [2.75, 3.05) is 6.67 Å². The molecule has 0 spiro atoms. The van der Waals surface area contributed by atoms with Crippen molar-refractivity contribution in [3.63, 3.8) is 0 Å². The summed E-state index contributed by atoms with van der Waals surface area (Å²) in [5.74, 6) is -0.127. The van der Waals surface area contributed by atoms with E-state index in [9.17, 15) is 9.50 Å². The fourth-order valence-corrected chi connectivity index (χ4v) is 2.55. The molecule has 21 heavy (non-hydrogen) atoms. The summed E-state index contributed by atoms with van der Waals surface area (Å²) < 4.78 is 18.5. The first-order chi connectivity index (χ1) is 10.2. The van der Waals surface area contributed by atoms with Gasteiger partial charge in [0.15, 0.2) is 0 Å². The highest BCUT2D eigenvalue weighted by molar-refractivity contribution is 5.93. The van der Waals surface area contributed by atoms with E-state index in [0.29, 0.717) is 0 Å². The third kappa shape index (κ3) is 2.57. The van der Waals surface area contributed by atoms with E-state index >= 15 is 0 Å². The largest absolute Gasteiger partial charge is 0.464 e. The Balaban J connectivity index is 2.17. The molecule has 0 bridgehead atoms. The summed E-state index contributed by atoms with van der Waals surface area (Å²) in [5.41, 5.74) is 4.49. The number of rotatable bonds is 4. The van der Waals surface area contributed by atoms with Gasteiger partial charge < -0.3 is 9.52 Å². The molecule has 0 radical (unpaired) electrons.